The van der Waals surface area contributed by atoms with E-state index in [4.69, 9.17) is 9.47 Å². The van der Waals surface area contributed by atoms with Crippen LogP contribution in [0.4, 0.5) is 16.2 Å². The summed E-state index contributed by atoms with van der Waals surface area (Å²) in [6.45, 7) is 14.9. The van der Waals surface area contributed by atoms with E-state index in [-0.39, 0.29) is 18.7 Å². The smallest absolute Gasteiger partial charge is 0.408 e. The second kappa shape index (κ2) is 13.5. The van der Waals surface area contributed by atoms with Gasteiger partial charge < -0.3 is 30.0 Å². The first-order valence-electron chi connectivity index (χ1n) is 17.5. The van der Waals surface area contributed by atoms with Gasteiger partial charge in [-0.2, -0.15) is 0 Å². The molecule has 0 aliphatic carbocycles. The third-order valence-electron chi connectivity index (χ3n) is 10.4. The van der Waals surface area contributed by atoms with Gasteiger partial charge in [-0.3, -0.25) is 19.3 Å². The Morgan fingerprint density at radius 1 is 1.00 bits per heavy atom. The van der Waals surface area contributed by atoms with Crippen molar-refractivity contribution in [1.82, 2.24) is 15.2 Å². The molecule has 4 amide bonds. The zero-order chi connectivity index (χ0) is 37.6. The Hall–Kier alpha value is -5.58. The zero-order valence-electron chi connectivity index (χ0n) is 30.8. The fourth-order valence-electron chi connectivity index (χ4n) is 7.91. The monoisotopic (exact) mass is 705 g/mol. The molecule has 0 unspecified atom stereocenters. The highest BCUT2D eigenvalue weighted by atomic mass is 16.6. The Labute approximate surface area is 304 Å². The number of aromatic amines is 1. The third kappa shape index (κ3) is 6.29. The largest absolute Gasteiger partial charge is 0.497 e. The number of hydrogen-bond donors (Lipinski definition) is 3. The first-order chi connectivity index (χ1) is 24.6. The van der Waals surface area contributed by atoms with E-state index < -0.39 is 52.6 Å². The number of nitrogens with one attached hydrogen (secondary N) is 3. The summed E-state index contributed by atoms with van der Waals surface area (Å²) >= 11 is 0. The average Bonchev–Trinajstić information content (AvgIpc) is 3.76. The van der Waals surface area contributed by atoms with Crippen molar-refractivity contribution in [3.63, 3.8) is 0 Å². The topological polar surface area (TPSA) is 133 Å². The minimum atomic E-state index is -1.18. The van der Waals surface area contributed by atoms with E-state index in [1.807, 2.05) is 74.7 Å². The Morgan fingerprint density at radius 3 is 2.33 bits per heavy atom. The summed E-state index contributed by atoms with van der Waals surface area (Å²) in [5.41, 5.74) is 1.16. The fourth-order valence-corrected chi connectivity index (χ4v) is 7.91. The van der Waals surface area contributed by atoms with Gasteiger partial charge in [0.25, 0.3) is 0 Å². The van der Waals surface area contributed by atoms with Crippen molar-refractivity contribution in [3.8, 4) is 5.75 Å². The number of anilines is 2. The molecule has 1 fully saturated rings. The molecule has 6 rings (SSSR count). The molecule has 4 aromatic rings. The van der Waals surface area contributed by atoms with Crippen molar-refractivity contribution in [1.29, 1.82) is 0 Å². The summed E-state index contributed by atoms with van der Waals surface area (Å²) in [5, 5.41) is 6.75. The van der Waals surface area contributed by atoms with Crippen LogP contribution in [0.25, 0.3) is 10.9 Å². The Bertz CT molecular complexity index is 2030. The van der Waals surface area contributed by atoms with Crippen LogP contribution in [0.2, 0.25) is 0 Å². The average molecular weight is 706 g/mol. The lowest BCUT2D eigenvalue weighted by molar-refractivity contribution is -0.141. The predicted octanol–water partition coefficient (Wildman–Crippen LogP) is 6.69. The molecule has 0 spiro atoms. The summed E-state index contributed by atoms with van der Waals surface area (Å²) in [6, 6.07) is 20.0. The van der Waals surface area contributed by atoms with Crippen molar-refractivity contribution in [2.45, 2.75) is 83.6 Å². The normalized spacial score (nSPS) is 20.1. The number of fused-ring (bicyclic) bond motifs is 4. The molecule has 0 saturated carbocycles. The molecule has 3 heterocycles. The number of likely N-dealkylation sites (tertiary alicyclic amines) is 1. The molecular formula is C41H47N5O6. The number of allylic oxidation sites excluding steroid dienone is 1. The molecule has 3 aromatic carbocycles. The maximum Gasteiger partial charge on any atom is 0.408 e. The van der Waals surface area contributed by atoms with Crippen LogP contribution in [0.15, 0.2) is 91.6 Å². The molecular weight excluding hydrogens is 658 g/mol. The van der Waals surface area contributed by atoms with E-state index in [0.29, 0.717) is 17.1 Å². The lowest BCUT2D eigenvalue weighted by Gasteiger charge is -2.45. The number of ether oxygens (including phenoxy) is 2. The van der Waals surface area contributed by atoms with Gasteiger partial charge in [0.2, 0.25) is 17.7 Å². The van der Waals surface area contributed by atoms with Crippen LogP contribution in [0, 0.1) is 5.41 Å². The number of para-hydroxylation sites is 2. The molecule has 1 saturated heterocycles. The van der Waals surface area contributed by atoms with Gasteiger partial charge in [-0.05, 0) is 80.1 Å². The minimum absolute atomic E-state index is 0.0863. The maximum atomic E-state index is 15.5. The van der Waals surface area contributed by atoms with Crippen LogP contribution < -0.4 is 20.3 Å². The first kappa shape index (κ1) is 36.2. The highest BCUT2D eigenvalue weighted by Crippen LogP contribution is 2.62. The van der Waals surface area contributed by atoms with Gasteiger partial charge in [0.1, 0.15) is 29.6 Å². The molecule has 4 atom stereocenters. The molecule has 2 aliphatic rings. The molecule has 2 aliphatic heterocycles. The van der Waals surface area contributed by atoms with E-state index in [9.17, 15) is 14.4 Å². The first-order valence-corrected chi connectivity index (χ1v) is 17.5. The van der Waals surface area contributed by atoms with Gasteiger partial charge in [-0.15, -0.1) is 6.58 Å². The lowest BCUT2D eigenvalue weighted by Crippen LogP contribution is -2.62. The molecule has 0 bridgehead atoms. The Kier molecular flexibility index (Phi) is 9.42. The number of alkyl carbamates (subject to hydrolysis) is 1. The molecule has 1 aromatic heterocycles. The molecule has 0 radical (unpaired) electrons. The van der Waals surface area contributed by atoms with Gasteiger partial charge in [0, 0.05) is 47.2 Å². The van der Waals surface area contributed by atoms with E-state index in [1.165, 1.54) is 11.8 Å². The summed E-state index contributed by atoms with van der Waals surface area (Å²) in [4.78, 5) is 63.7. The molecule has 3 N–H and O–H groups in total. The number of hydrogen-bond acceptors (Lipinski definition) is 6. The van der Waals surface area contributed by atoms with Gasteiger partial charge in [-0.25, -0.2) is 4.79 Å². The van der Waals surface area contributed by atoms with Crippen LogP contribution >= 0.6 is 0 Å². The van der Waals surface area contributed by atoms with E-state index in [0.717, 1.165) is 22.0 Å². The van der Waals surface area contributed by atoms with Gasteiger partial charge >= 0.3 is 6.09 Å². The van der Waals surface area contributed by atoms with E-state index in [2.05, 4.69) is 22.2 Å². The summed E-state index contributed by atoms with van der Waals surface area (Å²) in [5.74, 6) is -0.631. The third-order valence-corrected chi connectivity index (χ3v) is 10.4. The standard InChI is InChI=1S/C41H47N5O6/c1-9-40(6,7)41-23-34(35(48)43-27-18-20-28(51-8)21-19-27)46(37(41)45(25(2)47)33-17-13-11-15-30(33)41)36(49)32(44-38(50)52-39(3,4)5)22-26-24-42-31-16-12-10-14-29(26)31/h9-21,24,32,34,37,42H,1,22-23H2,2-8H3,(H,43,48)(H,44,50)/t32-,34+,37-,41+/m0/s1. The van der Waals surface area contributed by atoms with E-state index in [1.54, 1.807) is 57.0 Å². The zero-order valence-corrected chi connectivity index (χ0v) is 30.8. The number of H-pyrrole nitrogens is 1. The number of aromatic nitrogens is 1. The summed E-state index contributed by atoms with van der Waals surface area (Å²) < 4.78 is 11.0. The number of rotatable bonds is 9. The van der Waals surface area contributed by atoms with Gasteiger partial charge in [-0.1, -0.05) is 56.3 Å². The second-order valence-corrected chi connectivity index (χ2v) is 15.1. The SMILES string of the molecule is C=CC(C)(C)[C@@]12C[C@H](C(=O)Nc3ccc(OC)cc3)N(C(=O)[C@H](Cc3c[nH]c4ccccc34)NC(=O)OC(C)(C)C)[C@@H]1N(C(C)=O)c1ccccc12. The number of nitrogens with zero attached hydrogens (tertiary/aromatic N) is 2. The Morgan fingerprint density at radius 2 is 1.67 bits per heavy atom. The summed E-state index contributed by atoms with van der Waals surface area (Å²) in [6.07, 6.45) is 2.20. The molecule has 52 heavy (non-hydrogen) atoms. The van der Waals surface area contributed by atoms with Crippen LogP contribution in [0.5, 0.6) is 5.75 Å². The maximum absolute atomic E-state index is 15.5. The van der Waals surface area contributed by atoms with Crippen molar-refractivity contribution in [2.75, 3.05) is 17.3 Å². The van der Waals surface area contributed by atoms with Crippen LogP contribution in [0.1, 0.15) is 59.1 Å². The number of carbonyl (C=O) groups is 4. The quantitative estimate of drug-likeness (QED) is 0.166. The lowest BCUT2D eigenvalue weighted by atomic mass is 9.60. The number of amides is 4. The van der Waals surface area contributed by atoms with Crippen molar-refractivity contribution in [3.05, 3.63) is 103 Å². The highest BCUT2D eigenvalue weighted by Gasteiger charge is 2.69. The Balaban J connectivity index is 1.52. The number of benzene rings is 3. The second-order valence-electron chi connectivity index (χ2n) is 15.1. The predicted molar refractivity (Wildman–Crippen MR) is 201 cm³/mol. The summed E-state index contributed by atoms with van der Waals surface area (Å²) in [7, 11) is 1.56. The fraction of sp³-hybridized carbons (Fsp3) is 0.366. The van der Waals surface area contributed by atoms with Crippen LogP contribution in [0.3, 0.4) is 0 Å². The van der Waals surface area contributed by atoms with Crippen molar-refractivity contribution < 1.29 is 28.7 Å². The van der Waals surface area contributed by atoms with Crippen molar-refractivity contribution >= 4 is 46.1 Å². The number of methoxy groups -OCH3 is 1. The van der Waals surface area contributed by atoms with Gasteiger partial charge in [0.15, 0.2) is 0 Å². The number of carbonyl (C=O) groups excluding carboxylic acids is 4. The van der Waals surface area contributed by atoms with Gasteiger partial charge in [0.05, 0.1) is 7.11 Å². The van der Waals surface area contributed by atoms with Crippen LogP contribution in [-0.4, -0.2) is 64.7 Å². The molecule has 272 valence electrons. The van der Waals surface area contributed by atoms with E-state index >= 15 is 4.79 Å². The molecule has 11 nitrogen and oxygen atoms in total. The minimum Gasteiger partial charge on any atom is -0.497 e. The highest BCUT2D eigenvalue weighted by molar-refractivity contribution is 6.03. The van der Waals surface area contributed by atoms with Crippen molar-refractivity contribution in [2.24, 2.45) is 5.41 Å². The van der Waals surface area contributed by atoms with Crippen LogP contribution in [-0.2, 0) is 31.0 Å². The molecule has 11 heteroatoms.